The fraction of sp³-hybridized carbons (Fsp3) is 0.304. The molecule has 0 saturated carbocycles. The van der Waals surface area contributed by atoms with Gasteiger partial charge < -0.3 is 15.0 Å². The Hall–Kier alpha value is -2.92. The Morgan fingerprint density at radius 1 is 1.14 bits per heavy atom. The Kier molecular flexibility index (Phi) is 5.95. The summed E-state index contributed by atoms with van der Waals surface area (Å²) in [7, 11) is 0. The molecule has 5 nitrogen and oxygen atoms in total. The molecule has 146 valence electrons. The fourth-order valence-electron chi connectivity index (χ4n) is 3.00. The maximum atomic E-state index is 12.7. The molecule has 0 radical (unpaired) electrons. The molecule has 0 unspecified atom stereocenters. The third-order valence-electron chi connectivity index (χ3n) is 4.77. The van der Waals surface area contributed by atoms with E-state index in [0.29, 0.717) is 18.5 Å². The van der Waals surface area contributed by atoms with Crippen molar-refractivity contribution in [3.63, 3.8) is 0 Å². The van der Waals surface area contributed by atoms with Crippen LogP contribution in [-0.2, 0) is 13.0 Å². The smallest absolute Gasteiger partial charge is 0.255 e. The Bertz CT molecular complexity index is 937. The van der Waals surface area contributed by atoms with Crippen LogP contribution in [0.4, 0.5) is 5.69 Å². The molecule has 1 heterocycles. The highest BCUT2D eigenvalue weighted by Gasteiger charge is 2.13. The van der Waals surface area contributed by atoms with Gasteiger partial charge in [0.05, 0.1) is 12.1 Å². The van der Waals surface area contributed by atoms with Gasteiger partial charge in [0, 0.05) is 23.6 Å². The van der Waals surface area contributed by atoms with E-state index in [4.69, 9.17) is 0 Å². The maximum Gasteiger partial charge on any atom is 0.255 e. The second-order valence-electron chi connectivity index (χ2n) is 7.72. The minimum Gasteiger partial charge on any atom is -0.390 e. The van der Waals surface area contributed by atoms with Crippen molar-refractivity contribution < 1.29 is 9.90 Å². The van der Waals surface area contributed by atoms with Gasteiger partial charge in [-0.15, -0.1) is 0 Å². The standard InChI is InChI=1S/C23H27N3O2/c1-17-24-14-15-26(17)16-20-6-4-5-7-21(20)25-22(27)19-10-8-18(9-11-19)12-13-23(2,3)28/h4-11,14-15,28H,12-13,16H2,1-3H3,(H,25,27). The van der Waals surface area contributed by atoms with Crippen LogP contribution >= 0.6 is 0 Å². The van der Waals surface area contributed by atoms with Crippen LogP contribution in [0.15, 0.2) is 60.9 Å². The van der Waals surface area contributed by atoms with E-state index in [1.165, 1.54) is 0 Å². The first-order valence-corrected chi connectivity index (χ1v) is 9.50. The minimum absolute atomic E-state index is 0.135. The van der Waals surface area contributed by atoms with Crippen molar-refractivity contribution in [2.45, 2.75) is 45.8 Å². The monoisotopic (exact) mass is 377 g/mol. The number of aromatic nitrogens is 2. The molecule has 2 N–H and O–H groups in total. The number of carbonyl (C=O) groups excluding carboxylic acids is 1. The number of anilines is 1. The fourth-order valence-corrected chi connectivity index (χ4v) is 3.00. The van der Waals surface area contributed by atoms with Crippen LogP contribution in [0, 0.1) is 6.92 Å². The predicted octanol–water partition coefficient (Wildman–Crippen LogP) is 4.20. The summed E-state index contributed by atoms with van der Waals surface area (Å²) in [5.41, 5.74) is 2.86. The van der Waals surface area contributed by atoms with E-state index in [0.717, 1.165) is 29.1 Å². The predicted molar refractivity (Wildman–Crippen MR) is 112 cm³/mol. The van der Waals surface area contributed by atoms with Crippen LogP contribution in [0.25, 0.3) is 0 Å². The first-order valence-electron chi connectivity index (χ1n) is 9.50. The number of imidazole rings is 1. The second kappa shape index (κ2) is 8.40. The highest BCUT2D eigenvalue weighted by Crippen LogP contribution is 2.19. The Morgan fingerprint density at radius 2 is 1.86 bits per heavy atom. The molecule has 0 aliphatic carbocycles. The molecule has 0 spiro atoms. The lowest BCUT2D eigenvalue weighted by molar-refractivity contribution is 0.0714. The van der Waals surface area contributed by atoms with Gasteiger partial charge in [0.1, 0.15) is 5.82 Å². The number of amides is 1. The number of nitrogens with zero attached hydrogens (tertiary/aromatic N) is 2. The molecule has 0 saturated heterocycles. The number of benzene rings is 2. The number of nitrogens with one attached hydrogen (secondary N) is 1. The summed E-state index contributed by atoms with van der Waals surface area (Å²) >= 11 is 0. The summed E-state index contributed by atoms with van der Waals surface area (Å²) in [4.78, 5) is 16.9. The zero-order valence-corrected chi connectivity index (χ0v) is 16.6. The first kappa shape index (κ1) is 19.8. The molecule has 5 heteroatoms. The van der Waals surface area contributed by atoms with Crippen LogP contribution < -0.4 is 5.32 Å². The average molecular weight is 377 g/mol. The summed E-state index contributed by atoms with van der Waals surface area (Å²) < 4.78 is 2.04. The Morgan fingerprint density at radius 3 is 2.50 bits per heavy atom. The summed E-state index contributed by atoms with van der Waals surface area (Å²) in [6.07, 6.45) is 5.16. The van der Waals surface area contributed by atoms with Crippen molar-refractivity contribution in [1.82, 2.24) is 9.55 Å². The largest absolute Gasteiger partial charge is 0.390 e. The van der Waals surface area contributed by atoms with Crippen molar-refractivity contribution in [1.29, 1.82) is 0 Å². The molecule has 3 rings (SSSR count). The Balaban J connectivity index is 1.69. The van der Waals surface area contributed by atoms with Gasteiger partial charge in [0.25, 0.3) is 5.91 Å². The second-order valence-corrected chi connectivity index (χ2v) is 7.72. The van der Waals surface area contributed by atoms with Crippen molar-refractivity contribution in [3.8, 4) is 0 Å². The third kappa shape index (κ3) is 5.30. The van der Waals surface area contributed by atoms with Gasteiger partial charge in [-0.25, -0.2) is 4.98 Å². The first-order chi connectivity index (χ1) is 13.3. The zero-order valence-electron chi connectivity index (χ0n) is 16.6. The van der Waals surface area contributed by atoms with E-state index in [2.05, 4.69) is 10.3 Å². The lowest BCUT2D eigenvalue weighted by Gasteiger charge is -2.16. The quantitative estimate of drug-likeness (QED) is 0.649. The van der Waals surface area contributed by atoms with Crippen molar-refractivity contribution in [2.75, 3.05) is 5.32 Å². The number of hydrogen-bond donors (Lipinski definition) is 2. The molecular formula is C23H27N3O2. The van der Waals surface area contributed by atoms with Crippen molar-refractivity contribution in [3.05, 3.63) is 83.4 Å². The number of hydrogen-bond acceptors (Lipinski definition) is 3. The van der Waals surface area contributed by atoms with Crippen LogP contribution in [0.3, 0.4) is 0 Å². The van der Waals surface area contributed by atoms with E-state index >= 15 is 0 Å². The molecule has 0 fully saturated rings. The lowest BCUT2D eigenvalue weighted by atomic mass is 9.98. The van der Waals surface area contributed by atoms with Crippen molar-refractivity contribution in [2.24, 2.45) is 0 Å². The number of aryl methyl sites for hydroxylation is 2. The van der Waals surface area contributed by atoms with Gasteiger partial charge >= 0.3 is 0 Å². The van der Waals surface area contributed by atoms with Gasteiger partial charge in [-0.3, -0.25) is 4.79 Å². The van der Waals surface area contributed by atoms with Crippen LogP contribution in [0.1, 0.15) is 47.6 Å². The average Bonchev–Trinajstić information content (AvgIpc) is 3.06. The van der Waals surface area contributed by atoms with E-state index in [9.17, 15) is 9.90 Å². The molecule has 0 aliphatic heterocycles. The minimum atomic E-state index is -0.687. The third-order valence-corrected chi connectivity index (χ3v) is 4.77. The molecule has 2 aromatic carbocycles. The molecule has 0 bridgehead atoms. The number of rotatable bonds is 7. The van der Waals surface area contributed by atoms with E-state index in [1.807, 2.05) is 66.2 Å². The zero-order chi connectivity index (χ0) is 20.1. The normalized spacial score (nSPS) is 11.4. The van der Waals surface area contributed by atoms with E-state index < -0.39 is 5.60 Å². The molecule has 0 atom stereocenters. The summed E-state index contributed by atoms with van der Waals surface area (Å²) in [6, 6.07) is 15.4. The van der Waals surface area contributed by atoms with Crippen LogP contribution in [0.2, 0.25) is 0 Å². The van der Waals surface area contributed by atoms with Gasteiger partial charge in [-0.1, -0.05) is 30.3 Å². The number of para-hydroxylation sites is 1. The Labute approximate surface area is 166 Å². The van der Waals surface area contributed by atoms with Crippen LogP contribution in [0.5, 0.6) is 0 Å². The lowest BCUT2D eigenvalue weighted by Crippen LogP contribution is -2.19. The summed E-state index contributed by atoms with van der Waals surface area (Å²) in [5, 5.41) is 12.9. The maximum absolute atomic E-state index is 12.7. The number of aliphatic hydroxyl groups is 1. The SMILES string of the molecule is Cc1nccn1Cc1ccccc1NC(=O)c1ccc(CCC(C)(C)O)cc1. The molecule has 3 aromatic rings. The topological polar surface area (TPSA) is 67.2 Å². The summed E-state index contributed by atoms with van der Waals surface area (Å²) in [5.74, 6) is 0.798. The molecule has 1 amide bonds. The molecule has 1 aromatic heterocycles. The van der Waals surface area contributed by atoms with Gasteiger partial charge in [0.15, 0.2) is 0 Å². The number of carbonyl (C=O) groups is 1. The highest BCUT2D eigenvalue weighted by molar-refractivity contribution is 6.04. The van der Waals surface area contributed by atoms with Gasteiger partial charge in [-0.05, 0) is 62.9 Å². The highest BCUT2D eigenvalue weighted by atomic mass is 16.3. The molecule has 0 aliphatic rings. The van der Waals surface area contributed by atoms with Gasteiger partial charge in [0.2, 0.25) is 0 Å². The van der Waals surface area contributed by atoms with E-state index in [-0.39, 0.29) is 5.91 Å². The molecule has 28 heavy (non-hydrogen) atoms. The van der Waals surface area contributed by atoms with Crippen molar-refractivity contribution >= 4 is 11.6 Å². The summed E-state index contributed by atoms with van der Waals surface area (Å²) in [6.45, 7) is 6.22. The molecular weight excluding hydrogens is 350 g/mol. The van der Waals surface area contributed by atoms with E-state index in [1.54, 1.807) is 20.0 Å². The van der Waals surface area contributed by atoms with Crippen LogP contribution in [-0.4, -0.2) is 26.2 Å². The van der Waals surface area contributed by atoms with Gasteiger partial charge in [-0.2, -0.15) is 0 Å².